The quantitative estimate of drug-likeness (QED) is 0.462. The minimum atomic E-state index is -0.961. The van der Waals surface area contributed by atoms with E-state index in [-0.39, 0.29) is 0 Å². The number of carboxylic acids is 1. The fraction of sp³-hybridized carbons (Fsp3) is 0.370. The van der Waals surface area contributed by atoms with Gasteiger partial charge in [-0.25, -0.2) is 4.79 Å². The van der Waals surface area contributed by atoms with Crippen molar-refractivity contribution in [2.24, 2.45) is 0 Å². The lowest BCUT2D eigenvalue weighted by Gasteiger charge is -2.12. The number of carbonyl (C=O) groups is 1. The van der Waals surface area contributed by atoms with Gasteiger partial charge in [0.2, 0.25) is 0 Å². The van der Waals surface area contributed by atoms with Crippen LogP contribution in [0.3, 0.4) is 0 Å². The number of hydrogen-bond donors (Lipinski definition) is 1. The average Bonchev–Trinajstić information content (AvgIpc) is 2.79. The largest absolute Gasteiger partial charge is 0.494 e. The predicted octanol–water partition coefficient (Wildman–Crippen LogP) is 4.89. The summed E-state index contributed by atoms with van der Waals surface area (Å²) < 4.78 is 22.2. The molecule has 33 heavy (non-hydrogen) atoms. The summed E-state index contributed by atoms with van der Waals surface area (Å²) in [5.41, 5.74) is 2.58. The van der Waals surface area contributed by atoms with Crippen molar-refractivity contribution in [3.05, 3.63) is 65.2 Å². The van der Waals surface area contributed by atoms with Gasteiger partial charge in [0.25, 0.3) is 0 Å². The summed E-state index contributed by atoms with van der Waals surface area (Å²) in [7, 11) is 0. The number of benzene rings is 2. The number of allylic oxidation sites excluding steroid dienone is 1. The molecule has 0 saturated carbocycles. The zero-order valence-electron chi connectivity index (χ0n) is 19.7. The molecule has 1 N–H and O–H groups in total. The molecule has 0 heterocycles. The minimum absolute atomic E-state index is 0.313. The lowest BCUT2D eigenvalue weighted by Crippen LogP contribution is -2.26. The molecule has 176 valence electrons. The highest BCUT2D eigenvalue weighted by Crippen LogP contribution is 2.23. The molecule has 0 saturated heterocycles. The summed E-state index contributed by atoms with van der Waals surface area (Å²) in [6.07, 6.45) is 1.38. The highest BCUT2D eigenvalue weighted by molar-refractivity contribution is 5.72. The lowest BCUT2D eigenvalue weighted by molar-refractivity contribution is -0.149. The Morgan fingerprint density at radius 3 is 2.12 bits per heavy atom. The van der Waals surface area contributed by atoms with E-state index in [1.165, 1.54) is 0 Å². The molecule has 2 aromatic rings. The molecule has 0 fully saturated rings. The zero-order valence-corrected chi connectivity index (χ0v) is 19.7. The van der Waals surface area contributed by atoms with Crippen molar-refractivity contribution >= 4 is 5.97 Å². The zero-order chi connectivity index (χ0) is 24.1. The van der Waals surface area contributed by atoms with Gasteiger partial charge < -0.3 is 24.1 Å². The van der Waals surface area contributed by atoms with E-state index in [1.807, 2.05) is 69.3 Å². The molecule has 0 radical (unpaired) electrons. The summed E-state index contributed by atoms with van der Waals surface area (Å²) in [6, 6.07) is 13.0. The van der Waals surface area contributed by atoms with Crippen LogP contribution in [-0.4, -0.2) is 43.6 Å². The Morgan fingerprint density at radius 2 is 1.58 bits per heavy atom. The van der Waals surface area contributed by atoms with Gasteiger partial charge in [0.05, 0.1) is 13.2 Å². The Kier molecular flexibility index (Phi) is 10.9. The molecule has 0 aliphatic heterocycles. The monoisotopic (exact) mass is 452 g/mol. The SMILES string of the molecule is CCOc1cc(C#CC(C)=CCOc2ccc(C[C@H](OCC)C(=O)O)cc2)cc(OCC)c1. The maximum atomic E-state index is 11.2. The predicted molar refractivity (Wildman–Crippen MR) is 128 cm³/mol. The lowest BCUT2D eigenvalue weighted by atomic mass is 10.1. The summed E-state index contributed by atoms with van der Waals surface area (Å²) in [4.78, 5) is 11.2. The van der Waals surface area contributed by atoms with Gasteiger partial charge >= 0.3 is 5.97 Å². The van der Waals surface area contributed by atoms with E-state index >= 15 is 0 Å². The van der Waals surface area contributed by atoms with Gasteiger partial charge in [0.15, 0.2) is 6.10 Å². The third-order valence-corrected chi connectivity index (χ3v) is 4.53. The van der Waals surface area contributed by atoms with Crippen molar-refractivity contribution < 1.29 is 28.8 Å². The highest BCUT2D eigenvalue weighted by atomic mass is 16.5. The normalized spacial score (nSPS) is 11.8. The van der Waals surface area contributed by atoms with Crippen LogP contribution in [0.15, 0.2) is 54.1 Å². The summed E-state index contributed by atoms with van der Waals surface area (Å²) in [5.74, 6) is 7.47. The Balaban J connectivity index is 1.95. The second-order valence-corrected chi connectivity index (χ2v) is 7.14. The van der Waals surface area contributed by atoms with Gasteiger partial charge in [-0.05, 0) is 69.2 Å². The van der Waals surface area contributed by atoms with E-state index < -0.39 is 12.1 Å². The maximum Gasteiger partial charge on any atom is 0.333 e. The van der Waals surface area contributed by atoms with Gasteiger partial charge in [-0.15, -0.1) is 0 Å². The molecule has 1 atom stereocenters. The Morgan fingerprint density at radius 1 is 0.939 bits per heavy atom. The molecule has 6 heteroatoms. The second-order valence-electron chi connectivity index (χ2n) is 7.14. The second kappa shape index (κ2) is 13.9. The Labute approximate surface area is 196 Å². The smallest absolute Gasteiger partial charge is 0.333 e. The van der Waals surface area contributed by atoms with Crippen LogP contribution < -0.4 is 14.2 Å². The minimum Gasteiger partial charge on any atom is -0.494 e. The number of aliphatic carboxylic acids is 1. The van der Waals surface area contributed by atoms with Gasteiger partial charge in [-0.3, -0.25) is 0 Å². The van der Waals surface area contributed by atoms with Gasteiger partial charge in [-0.1, -0.05) is 24.0 Å². The fourth-order valence-corrected chi connectivity index (χ4v) is 2.98. The molecule has 0 bridgehead atoms. The van der Waals surface area contributed by atoms with Gasteiger partial charge in [0, 0.05) is 24.7 Å². The third kappa shape index (κ3) is 9.30. The van der Waals surface area contributed by atoms with Crippen LogP contribution >= 0.6 is 0 Å². The van der Waals surface area contributed by atoms with Crippen LogP contribution in [-0.2, 0) is 16.0 Å². The van der Waals surface area contributed by atoms with E-state index in [9.17, 15) is 9.90 Å². The molecular formula is C27H32O6. The van der Waals surface area contributed by atoms with Crippen molar-refractivity contribution in [3.8, 4) is 29.1 Å². The van der Waals surface area contributed by atoms with Crippen LogP contribution in [0, 0.1) is 11.8 Å². The van der Waals surface area contributed by atoms with Crippen LogP contribution in [0.25, 0.3) is 0 Å². The summed E-state index contributed by atoms with van der Waals surface area (Å²) in [6.45, 7) is 9.47. The molecule has 0 aromatic heterocycles. The Hall–Kier alpha value is -3.43. The molecule has 0 amide bonds. The van der Waals surface area contributed by atoms with Gasteiger partial charge in [-0.2, -0.15) is 0 Å². The molecule has 0 unspecified atom stereocenters. The van der Waals surface area contributed by atoms with E-state index in [2.05, 4.69) is 11.8 Å². The van der Waals surface area contributed by atoms with Crippen LogP contribution in [0.2, 0.25) is 0 Å². The van der Waals surface area contributed by atoms with E-state index in [4.69, 9.17) is 18.9 Å². The first-order valence-electron chi connectivity index (χ1n) is 11.1. The van der Waals surface area contributed by atoms with Crippen molar-refractivity contribution in [1.29, 1.82) is 0 Å². The Bertz CT molecular complexity index is 958. The number of hydrogen-bond acceptors (Lipinski definition) is 5. The molecular weight excluding hydrogens is 420 g/mol. The maximum absolute atomic E-state index is 11.2. The topological polar surface area (TPSA) is 74.2 Å². The third-order valence-electron chi connectivity index (χ3n) is 4.53. The molecule has 2 rings (SSSR count). The molecule has 6 nitrogen and oxygen atoms in total. The number of carboxylic acid groups (broad SMARTS) is 1. The van der Waals surface area contributed by atoms with E-state index in [0.717, 1.165) is 28.2 Å². The van der Waals surface area contributed by atoms with E-state index in [0.29, 0.717) is 38.6 Å². The standard InChI is InChI=1S/C27H32O6/c1-5-30-24-16-22(17-25(19-24)31-6-2)9-8-20(4)14-15-33-23-12-10-21(11-13-23)18-26(27(28)29)32-7-3/h10-14,16-17,19,26H,5-7,15,18H2,1-4H3,(H,28,29)/t26-/m0/s1. The number of rotatable bonds is 12. The summed E-state index contributed by atoms with van der Waals surface area (Å²) in [5, 5.41) is 9.20. The molecule has 0 spiro atoms. The van der Waals surface area contributed by atoms with Crippen molar-refractivity contribution in [2.75, 3.05) is 26.4 Å². The van der Waals surface area contributed by atoms with Crippen molar-refractivity contribution in [1.82, 2.24) is 0 Å². The first kappa shape index (κ1) is 25.8. The molecule has 2 aromatic carbocycles. The van der Waals surface area contributed by atoms with Gasteiger partial charge in [0.1, 0.15) is 23.9 Å². The molecule has 0 aliphatic carbocycles. The first-order chi connectivity index (χ1) is 15.9. The first-order valence-corrected chi connectivity index (χ1v) is 11.1. The van der Waals surface area contributed by atoms with Crippen LogP contribution in [0.1, 0.15) is 38.8 Å². The number of ether oxygens (including phenoxy) is 4. The van der Waals surface area contributed by atoms with Crippen molar-refractivity contribution in [2.45, 2.75) is 40.2 Å². The van der Waals surface area contributed by atoms with Crippen molar-refractivity contribution in [3.63, 3.8) is 0 Å². The fourth-order valence-electron chi connectivity index (χ4n) is 2.98. The highest BCUT2D eigenvalue weighted by Gasteiger charge is 2.17. The molecule has 0 aliphatic rings. The van der Waals surface area contributed by atoms with E-state index in [1.54, 1.807) is 6.92 Å². The van der Waals surface area contributed by atoms with Crippen LogP contribution in [0.4, 0.5) is 0 Å². The average molecular weight is 453 g/mol. The summed E-state index contributed by atoms with van der Waals surface area (Å²) >= 11 is 0. The van der Waals surface area contributed by atoms with Crippen LogP contribution in [0.5, 0.6) is 17.2 Å².